The monoisotopic (exact) mass is 496 g/mol. The van der Waals surface area contributed by atoms with Crippen molar-refractivity contribution in [3.63, 3.8) is 0 Å². The molecular weight excluding hydrogens is 472 g/mol. The van der Waals surface area contributed by atoms with Crippen LogP contribution in [0.15, 0.2) is 51.2 Å². The molecule has 35 heavy (non-hydrogen) atoms. The molecule has 182 valence electrons. The fourth-order valence-electron chi connectivity index (χ4n) is 4.56. The van der Waals surface area contributed by atoms with E-state index in [1.165, 1.54) is 27.4 Å². The first-order valence-electron chi connectivity index (χ1n) is 10.8. The third-order valence-corrected chi connectivity index (χ3v) is 8.03. The molecule has 2 aromatic carbocycles. The summed E-state index contributed by atoms with van der Waals surface area (Å²) in [4.78, 5) is 18.0. The lowest BCUT2D eigenvalue weighted by atomic mass is 9.79. The molecular formula is C25H24N2O7S. The van der Waals surface area contributed by atoms with E-state index < -0.39 is 27.6 Å². The molecule has 0 saturated heterocycles. The summed E-state index contributed by atoms with van der Waals surface area (Å²) in [5.41, 5.74) is 1.64. The Morgan fingerprint density at radius 3 is 2.34 bits per heavy atom. The lowest BCUT2D eigenvalue weighted by molar-refractivity contribution is -0.146. The Kier molecular flexibility index (Phi) is 6.54. The smallest absolute Gasteiger partial charge is 0.315 e. The second-order valence-corrected chi connectivity index (χ2v) is 9.84. The van der Waals surface area contributed by atoms with Crippen molar-refractivity contribution in [3.05, 3.63) is 52.4 Å². The number of benzene rings is 2. The highest BCUT2D eigenvalue weighted by atomic mass is 32.2. The van der Waals surface area contributed by atoms with Gasteiger partial charge in [0.15, 0.2) is 11.5 Å². The van der Waals surface area contributed by atoms with Crippen molar-refractivity contribution in [2.24, 2.45) is 10.9 Å². The number of allylic oxidation sites excluding steroid dienone is 1. The Balaban J connectivity index is 1.98. The molecule has 0 aliphatic carbocycles. The van der Waals surface area contributed by atoms with Crippen LogP contribution >= 0.6 is 0 Å². The zero-order valence-corrected chi connectivity index (χ0v) is 20.5. The molecule has 0 radical (unpaired) electrons. The molecule has 2 aliphatic heterocycles. The number of fused-ring (bicyclic) bond motifs is 2. The van der Waals surface area contributed by atoms with Gasteiger partial charge in [-0.3, -0.25) is 9.79 Å². The van der Waals surface area contributed by atoms with Gasteiger partial charge in [-0.05, 0) is 30.7 Å². The molecule has 2 atom stereocenters. The van der Waals surface area contributed by atoms with Gasteiger partial charge in [0.05, 0.1) is 49.3 Å². The van der Waals surface area contributed by atoms with Crippen molar-refractivity contribution in [1.82, 2.24) is 0 Å². The minimum absolute atomic E-state index is 0.0146. The lowest BCUT2D eigenvalue weighted by Crippen LogP contribution is -2.35. The van der Waals surface area contributed by atoms with Gasteiger partial charge in [0.1, 0.15) is 12.5 Å². The molecule has 2 aromatic rings. The van der Waals surface area contributed by atoms with Crippen molar-refractivity contribution in [2.45, 2.75) is 24.2 Å². The van der Waals surface area contributed by atoms with E-state index in [-0.39, 0.29) is 22.8 Å². The Morgan fingerprint density at radius 2 is 1.74 bits per heavy atom. The molecule has 0 fully saturated rings. The van der Waals surface area contributed by atoms with Gasteiger partial charge in [-0.1, -0.05) is 18.2 Å². The quantitative estimate of drug-likeness (QED) is 0.421. The SMILES string of the molecule is COc1cc([C@@H]2C3=C(N=C(C)C2C(=O)OCCC#N)c2ccccc2S3(=O)=O)cc(OC)c1OC. The van der Waals surface area contributed by atoms with Gasteiger partial charge in [-0.15, -0.1) is 0 Å². The van der Waals surface area contributed by atoms with Crippen molar-refractivity contribution >= 4 is 27.2 Å². The van der Waals surface area contributed by atoms with E-state index in [1.54, 1.807) is 37.3 Å². The van der Waals surface area contributed by atoms with Crippen LogP contribution in [0.1, 0.15) is 30.4 Å². The topological polar surface area (TPSA) is 124 Å². The van der Waals surface area contributed by atoms with E-state index >= 15 is 0 Å². The van der Waals surface area contributed by atoms with Crippen LogP contribution in [0.2, 0.25) is 0 Å². The van der Waals surface area contributed by atoms with Crippen molar-refractivity contribution in [3.8, 4) is 23.3 Å². The van der Waals surface area contributed by atoms with Crippen LogP contribution in [0.5, 0.6) is 17.2 Å². The van der Waals surface area contributed by atoms with Crippen LogP contribution < -0.4 is 14.2 Å². The van der Waals surface area contributed by atoms with Gasteiger partial charge in [0.2, 0.25) is 15.6 Å². The number of carbonyl (C=O) groups excluding carboxylic acids is 1. The summed E-state index contributed by atoms with van der Waals surface area (Å²) in [7, 11) is 0.397. The maximum absolute atomic E-state index is 13.8. The van der Waals surface area contributed by atoms with Crippen molar-refractivity contribution in [1.29, 1.82) is 5.26 Å². The summed E-state index contributed by atoms with van der Waals surface area (Å²) in [6.45, 7) is 1.55. The molecule has 9 nitrogen and oxygen atoms in total. The average Bonchev–Trinajstić information content (AvgIpc) is 3.08. The zero-order chi connectivity index (χ0) is 25.3. The third-order valence-electron chi connectivity index (χ3n) is 6.07. The number of sulfone groups is 1. The Bertz CT molecular complexity index is 1380. The Labute approximate surface area is 203 Å². The number of methoxy groups -OCH3 is 3. The largest absolute Gasteiger partial charge is 0.493 e. The fraction of sp³-hybridized carbons (Fsp3) is 0.320. The molecule has 1 unspecified atom stereocenters. The standard InChI is InChI=1S/C25H24N2O7S/c1-14-20(25(28)34-11-7-10-26)21(15-12-17(31-2)23(33-4)18(13-15)32-3)24-22(27-14)16-8-5-6-9-19(16)35(24,29)30/h5-6,8-9,12-13,20-21H,7,11H2,1-4H3/t20?,21-/m0/s1. The summed E-state index contributed by atoms with van der Waals surface area (Å²) in [5.74, 6) is -1.72. The normalized spacial score (nSPS) is 19.7. The number of hydrogen-bond donors (Lipinski definition) is 0. The fourth-order valence-corrected chi connectivity index (χ4v) is 6.53. The second-order valence-electron chi connectivity index (χ2n) is 7.96. The minimum Gasteiger partial charge on any atom is -0.493 e. The number of hydrogen-bond acceptors (Lipinski definition) is 9. The Morgan fingerprint density at radius 1 is 1.09 bits per heavy atom. The van der Waals surface area contributed by atoms with Crippen LogP contribution in [-0.4, -0.2) is 48.0 Å². The molecule has 4 rings (SSSR count). The molecule has 0 bridgehead atoms. The second kappa shape index (κ2) is 9.43. The number of nitriles is 1. The summed E-state index contributed by atoms with van der Waals surface area (Å²) in [6.07, 6.45) is 0.0151. The van der Waals surface area contributed by atoms with Gasteiger partial charge in [-0.2, -0.15) is 5.26 Å². The Hall–Kier alpha value is -3.84. The van der Waals surface area contributed by atoms with Crippen molar-refractivity contribution in [2.75, 3.05) is 27.9 Å². The van der Waals surface area contributed by atoms with E-state index in [1.807, 2.05) is 6.07 Å². The molecule has 0 N–H and O–H groups in total. The molecule has 0 saturated carbocycles. The van der Waals surface area contributed by atoms with Crippen LogP contribution in [-0.2, 0) is 19.4 Å². The van der Waals surface area contributed by atoms with E-state index in [0.717, 1.165) is 0 Å². The first-order chi connectivity index (χ1) is 16.8. The van der Waals surface area contributed by atoms with E-state index in [9.17, 15) is 13.2 Å². The van der Waals surface area contributed by atoms with Gasteiger partial charge < -0.3 is 18.9 Å². The van der Waals surface area contributed by atoms with Crippen LogP contribution in [0.4, 0.5) is 0 Å². The summed E-state index contributed by atoms with van der Waals surface area (Å²) in [6, 6.07) is 11.8. The zero-order valence-electron chi connectivity index (χ0n) is 19.7. The molecule has 0 aromatic heterocycles. The summed E-state index contributed by atoms with van der Waals surface area (Å²) in [5, 5.41) is 8.84. The highest BCUT2D eigenvalue weighted by Gasteiger charge is 2.49. The molecule has 10 heteroatoms. The van der Waals surface area contributed by atoms with Gasteiger partial charge in [-0.25, -0.2) is 8.42 Å². The van der Waals surface area contributed by atoms with Gasteiger partial charge in [0, 0.05) is 17.2 Å². The molecule has 2 aliphatic rings. The third kappa shape index (κ3) is 3.91. The molecule has 0 spiro atoms. The van der Waals surface area contributed by atoms with E-state index in [4.69, 9.17) is 24.2 Å². The number of nitrogens with zero attached hydrogens (tertiary/aromatic N) is 2. The summed E-state index contributed by atoms with van der Waals surface area (Å²) < 4.78 is 49.3. The van der Waals surface area contributed by atoms with Crippen LogP contribution in [0.3, 0.4) is 0 Å². The number of ether oxygens (including phenoxy) is 4. The van der Waals surface area contributed by atoms with Crippen LogP contribution in [0.25, 0.3) is 5.70 Å². The molecule has 2 heterocycles. The highest BCUT2D eigenvalue weighted by Crippen LogP contribution is 2.53. The number of aliphatic imine (C=N–C) groups is 1. The number of rotatable bonds is 7. The van der Waals surface area contributed by atoms with E-state index in [2.05, 4.69) is 4.99 Å². The maximum atomic E-state index is 13.8. The first kappa shape index (κ1) is 24.3. The van der Waals surface area contributed by atoms with E-state index in [0.29, 0.717) is 39.8 Å². The van der Waals surface area contributed by atoms with Gasteiger partial charge >= 0.3 is 5.97 Å². The molecule has 0 amide bonds. The number of carbonyl (C=O) groups is 1. The predicted molar refractivity (Wildman–Crippen MR) is 127 cm³/mol. The number of esters is 1. The summed E-state index contributed by atoms with van der Waals surface area (Å²) >= 11 is 0. The van der Waals surface area contributed by atoms with Crippen LogP contribution in [0, 0.1) is 17.2 Å². The van der Waals surface area contributed by atoms with Crippen molar-refractivity contribution < 1.29 is 32.2 Å². The highest BCUT2D eigenvalue weighted by molar-refractivity contribution is 7.96. The lowest BCUT2D eigenvalue weighted by Gasteiger charge is -2.31. The average molecular weight is 497 g/mol. The first-order valence-corrected chi connectivity index (χ1v) is 12.3. The predicted octanol–water partition coefficient (Wildman–Crippen LogP) is 3.50. The van der Waals surface area contributed by atoms with Gasteiger partial charge in [0.25, 0.3) is 0 Å². The maximum Gasteiger partial charge on any atom is 0.315 e. The minimum atomic E-state index is -3.97.